The monoisotopic (exact) mass is 255 g/mol. The Morgan fingerprint density at radius 1 is 1.44 bits per heavy atom. The molecule has 0 aromatic heterocycles. The molecule has 18 heavy (non-hydrogen) atoms. The quantitative estimate of drug-likeness (QED) is 0.686. The number of nitrogens with zero attached hydrogens (tertiary/aromatic N) is 1. The van der Waals surface area contributed by atoms with Crippen LogP contribution in [-0.2, 0) is 4.79 Å². The number of carboxylic acids is 1. The van der Waals surface area contributed by atoms with Crippen LogP contribution in [0.5, 0.6) is 0 Å². The summed E-state index contributed by atoms with van der Waals surface area (Å²) in [4.78, 5) is 13.1. The van der Waals surface area contributed by atoms with Gasteiger partial charge in [0.1, 0.15) is 0 Å². The van der Waals surface area contributed by atoms with Gasteiger partial charge in [-0.05, 0) is 37.6 Å². The fourth-order valence-corrected chi connectivity index (χ4v) is 2.92. The van der Waals surface area contributed by atoms with Gasteiger partial charge in [-0.3, -0.25) is 4.79 Å². The fraction of sp³-hybridized carbons (Fsp3) is 0.933. The second-order valence-corrected chi connectivity index (χ2v) is 5.76. The summed E-state index contributed by atoms with van der Waals surface area (Å²) in [7, 11) is 0. The highest BCUT2D eigenvalue weighted by Crippen LogP contribution is 2.23. The van der Waals surface area contributed by atoms with Crippen molar-refractivity contribution in [1.29, 1.82) is 0 Å². The number of likely N-dealkylation sites (tertiary alicyclic amines) is 1. The van der Waals surface area contributed by atoms with Gasteiger partial charge < -0.3 is 10.0 Å². The maximum atomic E-state index is 10.6. The van der Waals surface area contributed by atoms with Crippen molar-refractivity contribution in [3.05, 3.63) is 0 Å². The number of carbonyl (C=O) groups is 1. The van der Waals surface area contributed by atoms with Crippen LogP contribution in [0, 0.1) is 11.8 Å². The Morgan fingerprint density at radius 2 is 2.22 bits per heavy atom. The molecule has 0 aromatic carbocycles. The van der Waals surface area contributed by atoms with Gasteiger partial charge in [0.25, 0.3) is 0 Å². The van der Waals surface area contributed by atoms with E-state index in [4.69, 9.17) is 5.11 Å². The first-order chi connectivity index (χ1) is 8.65. The third-order valence-corrected chi connectivity index (χ3v) is 4.20. The van der Waals surface area contributed by atoms with Gasteiger partial charge >= 0.3 is 5.97 Å². The number of aliphatic carboxylic acids is 1. The van der Waals surface area contributed by atoms with Gasteiger partial charge in [-0.15, -0.1) is 0 Å². The van der Waals surface area contributed by atoms with Crippen LogP contribution >= 0.6 is 0 Å². The van der Waals surface area contributed by atoms with Gasteiger partial charge in [0.2, 0.25) is 0 Å². The summed E-state index contributed by atoms with van der Waals surface area (Å²) in [5.41, 5.74) is 0. The maximum absolute atomic E-state index is 10.6. The molecule has 1 rings (SSSR count). The number of carboxylic acid groups (broad SMARTS) is 1. The molecule has 2 unspecified atom stereocenters. The predicted octanol–water partition coefficient (Wildman–Crippen LogP) is 3.39. The summed E-state index contributed by atoms with van der Waals surface area (Å²) < 4.78 is 0. The standard InChI is InChI=1S/C15H29NO2/c1-3-5-6-13(4-2)11-16-10-9-14(12-16)7-8-15(17)18/h13-14H,3-12H2,1-2H3,(H,17,18). The smallest absolute Gasteiger partial charge is 0.303 e. The average molecular weight is 255 g/mol. The fourth-order valence-electron chi connectivity index (χ4n) is 2.92. The molecular weight excluding hydrogens is 226 g/mol. The molecule has 3 heteroatoms. The van der Waals surface area contributed by atoms with E-state index in [9.17, 15) is 4.79 Å². The largest absolute Gasteiger partial charge is 0.481 e. The number of hydrogen-bond acceptors (Lipinski definition) is 2. The Hall–Kier alpha value is -0.570. The summed E-state index contributed by atoms with van der Waals surface area (Å²) in [6, 6.07) is 0. The molecule has 1 heterocycles. The lowest BCUT2D eigenvalue weighted by Crippen LogP contribution is -2.27. The summed E-state index contributed by atoms with van der Waals surface area (Å²) in [5.74, 6) is 0.802. The molecule has 106 valence electrons. The summed E-state index contributed by atoms with van der Waals surface area (Å²) >= 11 is 0. The molecule has 1 aliphatic heterocycles. The van der Waals surface area contributed by atoms with E-state index in [1.54, 1.807) is 0 Å². The SMILES string of the molecule is CCCCC(CC)CN1CCC(CCC(=O)O)C1. The van der Waals surface area contributed by atoms with Crippen LogP contribution in [0.15, 0.2) is 0 Å². The summed E-state index contributed by atoms with van der Waals surface area (Å²) in [6.45, 7) is 8.06. The Bertz CT molecular complexity index is 243. The molecule has 0 amide bonds. The molecule has 0 saturated carbocycles. The van der Waals surface area contributed by atoms with Crippen molar-refractivity contribution in [3.8, 4) is 0 Å². The zero-order valence-electron chi connectivity index (χ0n) is 12.0. The molecule has 0 spiro atoms. The molecule has 0 aromatic rings. The maximum Gasteiger partial charge on any atom is 0.303 e. The van der Waals surface area contributed by atoms with E-state index in [1.807, 2.05) is 0 Å². The summed E-state index contributed by atoms with van der Waals surface area (Å²) in [5, 5.41) is 8.71. The second kappa shape index (κ2) is 8.52. The van der Waals surface area contributed by atoms with Gasteiger partial charge in [-0.1, -0.05) is 33.1 Å². The van der Waals surface area contributed by atoms with E-state index in [0.29, 0.717) is 12.3 Å². The molecule has 1 aliphatic rings. The molecule has 2 atom stereocenters. The number of rotatable bonds is 9. The first-order valence-electron chi connectivity index (χ1n) is 7.59. The third-order valence-electron chi connectivity index (χ3n) is 4.20. The van der Waals surface area contributed by atoms with Crippen LogP contribution in [0.2, 0.25) is 0 Å². The van der Waals surface area contributed by atoms with E-state index < -0.39 is 5.97 Å². The predicted molar refractivity (Wildman–Crippen MR) is 74.7 cm³/mol. The topological polar surface area (TPSA) is 40.5 Å². The van der Waals surface area contributed by atoms with Gasteiger partial charge in [0, 0.05) is 19.5 Å². The van der Waals surface area contributed by atoms with Crippen molar-refractivity contribution in [2.45, 2.75) is 58.8 Å². The van der Waals surface area contributed by atoms with E-state index in [1.165, 1.54) is 45.2 Å². The minimum Gasteiger partial charge on any atom is -0.481 e. The zero-order chi connectivity index (χ0) is 13.4. The third kappa shape index (κ3) is 5.85. The second-order valence-electron chi connectivity index (χ2n) is 5.76. The first-order valence-corrected chi connectivity index (χ1v) is 7.59. The lowest BCUT2D eigenvalue weighted by Gasteiger charge is -2.22. The van der Waals surface area contributed by atoms with Crippen molar-refractivity contribution in [2.75, 3.05) is 19.6 Å². The Kier molecular flexibility index (Phi) is 7.33. The molecule has 1 N–H and O–H groups in total. The lowest BCUT2D eigenvalue weighted by molar-refractivity contribution is -0.137. The van der Waals surface area contributed by atoms with Crippen LogP contribution in [0.1, 0.15) is 58.8 Å². The summed E-state index contributed by atoms with van der Waals surface area (Å²) in [6.07, 6.45) is 7.65. The average Bonchev–Trinajstić information content (AvgIpc) is 2.79. The Labute approximate surface area is 112 Å². The van der Waals surface area contributed by atoms with Crippen molar-refractivity contribution < 1.29 is 9.90 Å². The van der Waals surface area contributed by atoms with Gasteiger partial charge in [-0.25, -0.2) is 0 Å². The van der Waals surface area contributed by atoms with Crippen molar-refractivity contribution >= 4 is 5.97 Å². The minimum absolute atomic E-state index is 0.339. The van der Waals surface area contributed by atoms with E-state index in [2.05, 4.69) is 18.7 Å². The zero-order valence-corrected chi connectivity index (χ0v) is 12.0. The molecule has 3 nitrogen and oxygen atoms in total. The van der Waals surface area contributed by atoms with E-state index in [-0.39, 0.29) is 0 Å². The highest BCUT2D eigenvalue weighted by Gasteiger charge is 2.24. The number of hydrogen-bond donors (Lipinski definition) is 1. The Balaban J connectivity index is 2.21. The van der Waals surface area contributed by atoms with Crippen molar-refractivity contribution in [1.82, 2.24) is 4.90 Å². The van der Waals surface area contributed by atoms with Crippen LogP contribution in [0.4, 0.5) is 0 Å². The van der Waals surface area contributed by atoms with Gasteiger partial charge in [0.15, 0.2) is 0 Å². The van der Waals surface area contributed by atoms with Gasteiger partial charge in [-0.2, -0.15) is 0 Å². The first kappa shape index (κ1) is 15.5. The Morgan fingerprint density at radius 3 is 2.83 bits per heavy atom. The number of unbranched alkanes of at least 4 members (excludes halogenated alkanes) is 1. The van der Waals surface area contributed by atoms with Gasteiger partial charge in [0.05, 0.1) is 0 Å². The van der Waals surface area contributed by atoms with Crippen LogP contribution < -0.4 is 0 Å². The molecule has 1 saturated heterocycles. The van der Waals surface area contributed by atoms with E-state index in [0.717, 1.165) is 18.9 Å². The molecule has 0 aliphatic carbocycles. The highest BCUT2D eigenvalue weighted by molar-refractivity contribution is 5.66. The molecule has 0 bridgehead atoms. The van der Waals surface area contributed by atoms with Crippen molar-refractivity contribution in [2.24, 2.45) is 11.8 Å². The molecule has 0 radical (unpaired) electrons. The van der Waals surface area contributed by atoms with Crippen molar-refractivity contribution in [3.63, 3.8) is 0 Å². The normalized spacial score (nSPS) is 22.2. The van der Waals surface area contributed by atoms with Crippen LogP contribution in [0.25, 0.3) is 0 Å². The van der Waals surface area contributed by atoms with E-state index >= 15 is 0 Å². The van der Waals surface area contributed by atoms with Crippen LogP contribution in [-0.4, -0.2) is 35.6 Å². The minimum atomic E-state index is -0.650. The lowest BCUT2D eigenvalue weighted by atomic mass is 9.99. The van der Waals surface area contributed by atoms with Crippen LogP contribution in [0.3, 0.4) is 0 Å². The molecular formula is C15H29NO2. The highest BCUT2D eigenvalue weighted by atomic mass is 16.4. The molecule has 1 fully saturated rings.